The van der Waals surface area contributed by atoms with Crippen LogP contribution in [-0.4, -0.2) is 37.4 Å². The molecule has 1 aliphatic carbocycles. The predicted octanol–water partition coefficient (Wildman–Crippen LogP) is 2.55. The molecule has 4 rings (SSSR count). The van der Waals surface area contributed by atoms with Crippen LogP contribution in [0.15, 0.2) is 47.3 Å². The largest absolute Gasteiger partial charge is 0.350 e. The fraction of sp³-hybridized carbons (Fsp3) is 0.391. The Bertz CT molecular complexity index is 1140. The molecule has 1 aromatic carbocycles. The van der Waals surface area contributed by atoms with Crippen LogP contribution in [-0.2, 0) is 21.1 Å². The predicted molar refractivity (Wildman–Crippen MR) is 117 cm³/mol. The molecule has 1 saturated heterocycles. The molecule has 2 N–H and O–H groups in total. The van der Waals surface area contributed by atoms with Crippen molar-refractivity contribution in [3.05, 3.63) is 75.2 Å². The normalized spacial score (nSPS) is 19.7. The lowest BCUT2D eigenvalue weighted by Crippen LogP contribution is -2.23. The van der Waals surface area contributed by atoms with E-state index in [0.717, 1.165) is 47.2 Å². The standard InChI is InChI=1S/C23H26N2O4S/c1-30(28,29)13-12-15-2-4-17(5-3-15)20(14-18-8-11-22(26)24-18)21-10-9-19(16-6-7-16)23(27)25-21/h2-5,9-10,14,16,18H,6-8,11-13H2,1H3,(H,24,26)(H,25,27)/b20-14+/t18-/m1/s1. The molecule has 158 valence electrons. The Labute approximate surface area is 176 Å². The number of pyridine rings is 1. The quantitative estimate of drug-likeness (QED) is 0.711. The second-order valence-electron chi connectivity index (χ2n) is 8.30. The molecule has 1 atom stereocenters. The lowest BCUT2D eigenvalue weighted by molar-refractivity contribution is -0.119. The Morgan fingerprint density at radius 3 is 2.37 bits per heavy atom. The van der Waals surface area contributed by atoms with E-state index >= 15 is 0 Å². The van der Waals surface area contributed by atoms with Crippen molar-refractivity contribution in [2.45, 2.75) is 44.1 Å². The van der Waals surface area contributed by atoms with E-state index in [4.69, 9.17) is 0 Å². The average Bonchev–Trinajstić information content (AvgIpc) is 3.46. The third-order valence-corrected chi connectivity index (χ3v) is 6.62. The number of sulfone groups is 1. The van der Waals surface area contributed by atoms with Crippen LogP contribution in [0.4, 0.5) is 0 Å². The van der Waals surface area contributed by atoms with E-state index in [1.165, 1.54) is 6.26 Å². The van der Waals surface area contributed by atoms with E-state index in [1.54, 1.807) is 0 Å². The molecular formula is C23H26N2O4S. The van der Waals surface area contributed by atoms with Crippen molar-refractivity contribution in [2.24, 2.45) is 0 Å². The molecule has 0 bridgehead atoms. The van der Waals surface area contributed by atoms with Gasteiger partial charge in [0, 0.05) is 35.5 Å². The molecule has 2 heterocycles. The van der Waals surface area contributed by atoms with Gasteiger partial charge in [-0.25, -0.2) is 8.42 Å². The van der Waals surface area contributed by atoms with Crippen LogP contribution >= 0.6 is 0 Å². The van der Waals surface area contributed by atoms with Crippen molar-refractivity contribution in [2.75, 3.05) is 12.0 Å². The Morgan fingerprint density at radius 1 is 1.07 bits per heavy atom. The summed E-state index contributed by atoms with van der Waals surface area (Å²) in [6, 6.07) is 11.5. The molecule has 2 fully saturated rings. The summed E-state index contributed by atoms with van der Waals surface area (Å²) in [7, 11) is -3.01. The zero-order chi connectivity index (χ0) is 21.3. The molecule has 2 aromatic rings. The van der Waals surface area contributed by atoms with E-state index in [1.807, 2.05) is 42.5 Å². The maximum absolute atomic E-state index is 12.6. The van der Waals surface area contributed by atoms with Gasteiger partial charge in [0.15, 0.2) is 0 Å². The number of benzene rings is 1. The second kappa shape index (κ2) is 8.22. The number of H-pyrrole nitrogens is 1. The van der Waals surface area contributed by atoms with E-state index in [-0.39, 0.29) is 23.3 Å². The van der Waals surface area contributed by atoms with Crippen molar-refractivity contribution < 1.29 is 13.2 Å². The molecule has 0 unspecified atom stereocenters. The van der Waals surface area contributed by atoms with Gasteiger partial charge in [-0.3, -0.25) is 9.59 Å². The third kappa shape index (κ3) is 5.08. The molecular weight excluding hydrogens is 400 g/mol. The highest BCUT2D eigenvalue weighted by Gasteiger charge is 2.26. The first-order valence-corrected chi connectivity index (χ1v) is 12.4. The molecule has 0 spiro atoms. The van der Waals surface area contributed by atoms with Gasteiger partial charge in [-0.2, -0.15) is 0 Å². The first kappa shape index (κ1) is 20.6. The lowest BCUT2D eigenvalue weighted by atomic mass is 9.97. The third-order valence-electron chi connectivity index (χ3n) is 5.67. The first-order valence-electron chi connectivity index (χ1n) is 10.3. The molecule has 0 radical (unpaired) electrons. The number of carbonyl (C=O) groups is 1. The van der Waals surface area contributed by atoms with Gasteiger partial charge in [0.25, 0.3) is 5.56 Å². The van der Waals surface area contributed by atoms with Crippen LogP contribution in [0.3, 0.4) is 0 Å². The Kier molecular flexibility index (Phi) is 5.64. The molecule has 7 heteroatoms. The van der Waals surface area contributed by atoms with Crippen molar-refractivity contribution in [3.8, 4) is 0 Å². The van der Waals surface area contributed by atoms with Crippen LogP contribution in [0, 0.1) is 0 Å². The van der Waals surface area contributed by atoms with Gasteiger partial charge in [0.2, 0.25) is 5.91 Å². The van der Waals surface area contributed by atoms with Crippen LogP contribution < -0.4 is 10.9 Å². The average molecular weight is 427 g/mol. The summed E-state index contributed by atoms with van der Waals surface area (Å²) in [6.07, 6.45) is 7.04. The Balaban J connectivity index is 1.65. The summed E-state index contributed by atoms with van der Waals surface area (Å²) < 4.78 is 22.8. The summed E-state index contributed by atoms with van der Waals surface area (Å²) in [4.78, 5) is 27.2. The zero-order valence-electron chi connectivity index (χ0n) is 17.0. The van der Waals surface area contributed by atoms with Gasteiger partial charge in [0.1, 0.15) is 9.84 Å². The minimum absolute atomic E-state index is 0.0318. The van der Waals surface area contributed by atoms with Crippen molar-refractivity contribution in [3.63, 3.8) is 0 Å². The molecule has 30 heavy (non-hydrogen) atoms. The number of aromatic amines is 1. The minimum Gasteiger partial charge on any atom is -0.350 e. The summed E-state index contributed by atoms with van der Waals surface area (Å²) in [5.41, 5.74) is 4.21. The topological polar surface area (TPSA) is 96.1 Å². The van der Waals surface area contributed by atoms with Gasteiger partial charge >= 0.3 is 0 Å². The van der Waals surface area contributed by atoms with E-state index in [2.05, 4.69) is 10.3 Å². The van der Waals surface area contributed by atoms with Crippen molar-refractivity contribution in [1.29, 1.82) is 0 Å². The number of amides is 1. The molecule has 2 aliphatic rings. The van der Waals surface area contributed by atoms with Crippen molar-refractivity contribution >= 4 is 21.3 Å². The molecule has 1 amide bonds. The number of hydrogen-bond donors (Lipinski definition) is 2. The van der Waals surface area contributed by atoms with Crippen LogP contribution in [0.1, 0.15) is 54.0 Å². The van der Waals surface area contributed by atoms with Gasteiger partial charge in [-0.05, 0) is 48.8 Å². The molecule has 1 aliphatic heterocycles. The highest BCUT2D eigenvalue weighted by molar-refractivity contribution is 7.90. The fourth-order valence-electron chi connectivity index (χ4n) is 3.82. The first-order chi connectivity index (χ1) is 14.3. The maximum atomic E-state index is 12.6. The van der Waals surface area contributed by atoms with Crippen LogP contribution in [0.25, 0.3) is 5.57 Å². The highest BCUT2D eigenvalue weighted by atomic mass is 32.2. The number of nitrogens with one attached hydrogen (secondary N) is 2. The number of aromatic nitrogens is 1. The van der Waals surface area contributed by atoms with E-state index in [9.17, 15) is 18.0 Å². The second-order valence-corrected chi connectivity index (χ2v) is 10.6. The zero-order valence-corrected chi connectivity index (χ0v) is 17.8. The van der Waals surface area contributed by atoms with Gasteiger partial charge in [-0.1, -0.05) is 36.4 Å². The molecule has 1 aromatic heterocycles. The highest BCUT2D eigenvalue weighted by Crippen LogP contribution is 2.38. The van der Waals surface area contributed by atoms with Gasteiger partial charge in [0.05, 0.1) is 5.75 Å². The summed E-state index contributed by atoms with van der Waals surface area (Å²) in [5, 5.41) is 2.95. The fourth-order valence-corrected chi connectivity index (χ4v) is 4.42. The van der Waals surface area contributed by atoms with Gasteiger partial charge < -0.3 is 10.3 Å². The maximum Gasteiger partial charge on any atom is 0.251 e. The molecule has 1 saturated carbocycles. The number of aryl methyl sites for hydroxylation is 1. The number of rotatable bonds is 7. The molecule has 6 nitrogen and oxygen atoms in total. The van der Waals surface area contributed by atoms with E-state index < -0.39 is 9.84 Å². The Morgan fingerprint density at radius 2 is 1.80 bits per heavy atom. The lowest BCUT2D eigenvalue weighted by Gasteiger charge is -2.13. The minimum atomic E-state index is -3.01. The SMILES string of the molecule is CS(=O)(=O)CCc1ccc(/C(=C\[C@H]2CCC(=O)N2)c2ccc(C3CC3)c(=O)[nH]2)cc1. The van der Waals surface area contributed by atoms with Crippen LogP contribution in [0.5, 0.6) is 0 Å². The summed E-state index contributed by atoms with van der Waals surface area (Å²) in [5.74, 6) is 0.516. The number of hydrogen-bond acceptors (Lipinski definition) is 4. The van der Waals surface area contributed by atoms with Gasteiger partial charge in [-0.15, -0.1) is 0 Å². The van der Waals surface area contributed by atoms with E-state index in [0.29, 0.717) is 18.8 Å². The number of carbonyl (C=O) groups excluding carboxylic acids is 1. The smallest absolute Gasteiger partial charge is 0.251 e. The summed E-state index contributed by atoms with van der Waals surface area (Å²) in [6.45, 7) is 0. The Hall–Kier alpha value is -2.67. The summed E-state index contributed by atoms with van der Waals surface area (Å²) >= 11 is 0. The monoisotopic (exact) mass is 426 g/mol. The van der Waals surface area contributed by atoms with Crippen molar-refractivity contribution in [1.82, 2.24) is 10.3 Å². The van der Waals surface area contributed by atoms with Crippen LogP contribution in [0.2, 0.25) is 0 Å².